The molecule has 0 spiro atoms. The number of nitrogens with zero attached hydrogens (tertiary/aromatic N) is 1. The van der Waals surface area contributed by atoms with E-state index < -0.39 is 6.10 Å². The first-order valence-corrected chi connectivity index (χ1v) is 7.58. The van der Waals surface area contributed by atoms with Gasteiger partial charge in [0.1, 0.15) is 0 Å². The van der Waals surface area contributed by atoms with Gasteiger partial charge in [0.25, 0.3) is 5.91 Å². The minimum Gasteiger partial charge on any atom is -0.387 e. The van der Waals surface area contributed by atoms with E-state index in [0.29, 0.717) is 16.4 Å². The lowest BCUT2D eigenvalue weighted by Gasteiger charge is -2.05. The van der Waals surface area contributed by atoms with Crippen LogP contribution in [0.15, 0.2) is 23.6 Å². The maximum Gasteiger partial charge on any atom is 0.257 e. The van der Waals surface area contributed by atoms with Gasteiger partial charge in [-0.2, -0.15) is 0 Å². The second-order valence-electron chi connectivity index (χ2n) is 5.04. The summed E-state index contributed by atoms with van der Waals surface area (Å²) in [6.07, 6.45) is 2.73. The third kappa shape index (κ3) is 2.59. The second kappa shape index (κ2) is 5.34. The van der Waals surface area contributed by atoms with Crippen LogP contribution in [0.1, 0.15) is 46.6 Å². The topological polar surface area (TPSA) is 62.2 Å². The number of aromatic nitrogens is 1. The molecule has 0 saturated heterocycles. The summed E-state index contributed by atoms with van der Waals surface area (Å²) in [5.41, 5.74) is 3.88. The summed E-state index contributed by atoms with van der Waals surface area (Å²) in [6.45, 7) is 1.65. The van der Waals surface area contributed by atoms with Crippen molar-refractivity contribution in [3.05, 3.63) is 46.0 Å². The second-order valence-corrected chi connectivity index (χ2v) is 5.90. The SMILES string of the molecule is CC(O)c1csc(NC(=O)c2ccc3c(c2)CCC3)n1. The fraction of sp³-hybridized carbons (Fsp3) is 0.333. The number of anilines is 1. The van der Waals surface area contributed by atoms with Crippen molar-refractivity contribution >= 4 is 22.4 Å². The van der Waals surface area contributed by atoms with E-state index in [1.54, 1.807) is 12.3 Å². The van der Waals surface area contributed by atoms with Gasteiger partial charge in [-0.15, -0.1) is 11.3 Å². The van der Waals surface area contributed by atoms with E-state index >= 15 is 0 Å². The molecule has 0 bridgehead atoms. The molecule has 2 N–H and O–H groups in total. The molecular weight excluding hydrogens is 272 g/mol. The maximum absolute atomic E-state index is 12.2. The molecule has 1 unspecified atom stereocenters. The van der Waals surface area contributed by atoms with E-state index in [1.807, 2.05) is 18.2 Å². The summed E-state index contributed by atoms with van der Waals surface area (Å²) in [5.74, 6) is -0.147. The van der Waals surface area contributed by atoms with Gasteiger partial charge in [0.05, 0.1) is 11.8 Å². The number of benzene rings is 1. The number of carbonyl (C=O) groups is 1. The van der Waals surface area contributed by atoms with Crippen molar-refractivity contribution in [1.29, 1.82) is 0 Å². The number of aliphatic hydroxyl groups is 1. The summed E-state index contributed by atoms with van der Waals surface area (Å²) >= 11 is 1.32. The molecular formula is C15H16N2O2S. The first-order chi connectivity index (χ1) is 9.63. The number of nitrogens with one attached hydrogen (secondary N) is 1. The van der Waals surface area contributed by atoms with Gasteiger partial charge in [-0.1, -0.05) is 6.07 Å². The molecule has 2 aromatic rings. The molecule has 0 fully saturated rings. The molecule has 20 heavy (non-hydrogen) atoms. The van der Waals surface area contributed by atoms with Crippen LogP contribution in [0, 0.1) is 0 Å². The molecule has 1 amide bonds. The Morgan fingerprint density at radius 2 is 2.20 bits per heavy atom. The summed E-state index contributed by atoms with van der Waals surface area (Å²) < 4.78 is 0. The Morgan fingerprint density at radius 3 is 2.95 bits per heavy atom. The van der Waals surface area contributed by atoms with Crippen molar-refractivity contribution in [2.24, 2.45) is 0 Å². The number of rotatable bonds is 3. The highest BCUT2D eigenvalue weighted by atomic mass is 32.1. The maximum atomic E-state index is 12.2. The zero-order valence-electron chi connectivity index (χ0n) is 11.2. The van der Waals surface area contributed by atoms with Crippen LogP contribution >= 0.6 is 11.3 Å². The molecule has 104 valence electrons. The van der Waals surface area contributed by atoms with E-state index in [9.17, 15) is 9.90 Å². The molecule has 0 radical (unpaired) electrons. The Hall–Kier alpha value is -1.72. The van der Waals surface area contributed by atoms with E-state index in [2.05, 4.69) is 10.3 Å². The van der Waals surface area contributed by atoms with Gasteiger partial charge < -0.3 is 5.11 Å². The number of aliphatic hydroxyl groups excluding tert-OH is 1. The zero-order valence-corrected chi connectivity index (χ0v) is 12.0. The smallest absolute Gasteiger partial charge is 0.257 e. The van der Waals surface area contributed by atoms with E-state index in [0.717, 1.165) is 12.8 Å². The predicted octanol–water partition coefficient (Wildman–Crippen LogP) is 2.94. The average molecular weight is 288 g/mol. The molecule has 4 nitrogen and oxygen atoms in total. The Morgan fingerprint density at radius 1 is 1.40 bits per heavy atom. The van der Waals surface area contributed by atoms with E-state index in [-0.39, 0.29) is 5.91 Å². The molecule has 1 aromatic heterocycles. The lowest BCUT2D eigenvalue weighted by Crippen LogP contribution is -2.12. The fourth-order valence-corrected chi connectivity index (χ4v) is 3.21. The first-order valence-electron chi connectivity index (χ1n) is 6.70. The number of thiazole rings is 1. The van der Waals surface area contributed by atoms with Gasteiger partial charge in [0, 0.05) is 10.9 Å². The number of hydrogen-bond acceptors (Lipinski definition) is 4. The van der Waals surface area contributed by atoms with Crippen LogP contribution in [-0.2, 0) is 12.8 Å². The summed E-state index contributed by atoms with van der Waals surface area (Å²) in [4.78, 5) is 16.4. The minimum atomic E-state index is -0.614. The highest BCUT2D eigenvalue weighted by Crippen LogP contribution is 2.24. The van der Waals surface area contributed by atoms with Crippen molar-refractivity contribution in [3.63, 3.8) is 0 Å². The number of fused-ring (bicyclic) bond motifs is 1. The van der Waals surface area contributed by atoms with Crippen LogP contribution in [0.3, 0.4) is 0 Å². The van der Waals surface area contributed by atoms with Crippen LogP contribution in [0.2, 0.25) is 0 Å². The summed E-state index contributed by atoms with van der Waals surface area (Å²) in [7, 11) is 0. The monoisotopic (exact) mass is 288 g/mol. The molecule has 0 aliphatic heterocycles. The van der Waals surface area contributed by atoms with Gasteiger partial charge in [-0.05, 0) is 49.4 Å². The summed E-state index contributed by atoms with van der Waals surface area (Å²) in [6, 6.07) is 5.88. The number of amides is 1. The Balaban J connectivity index is 1.75. The van der Waals surface area contributed by atoms with Crippen molar-refractivity contribution in [2.45, 2.75) is 32.3 Å². The van der Waals surface area contributed by atoms with Crippen molar-refractivity contribution in [1.82, 2.24) is 4.98 Å². The van der Waals surface area contributed by atoms with Gasteiger partial charge >= 0.3 is 0 Å². The highest BCUT2D eigenvalue weighted by Gasteiger charge is 2.15. The van der Waals surface area contributed by atoms with Crippen LogP contribution in [0.4, 0.5) is 5.13 Å². The van der Waals surface area contributed by atoms with Crippen molar-refractivity contribution in [3.8, 4) is 0 Å². The van der Waals surface area contributed by atoms with Crippen molar-refractivity contribution in [2.75, 3.05) is 5.32 Å². The average Bonchev–Trinajstić information content (AvgIpc) is 3.05. The lowest BCUT2D eigenvalue weighted by molar-refractivity contribution is 0.102. The van der Waals surface area contributed by atoms with Gasteiger partial charge in [0.2, 0.25) is 0 Å². The fourth-order valence-electron chi connectivity index (χ4n) is 2.42. The molecule has 5 heteroatoms. The Bertz CT molecular complexity index is 649. The van der Waals surface area contributed by atoms with Crippen LogP contribution in [-0.4, -0.2) is 16.0 Å². The Labute approximate surface area is 121 Å². The third-order valence-corrected chi connectivity index (χ3v) is 4.31. The summed E-state index contributed by atoms with van der Waals surface area (Å²) in [5, 5.41) is 14.5. The predicted molar refractivity (Wildman–Crippen MR) is 79.2 cm³/mol. The normalized spacial score (nSPS) is 14.9. The molecule has 1 aromatic carbocycles. The van der Waals surface area contributed by atoms with E-state index in [4.69, 9.17) is 0 Å². The molecule has 0 saturated carbocycles. The molecule has 1 aliphatic carbocycles. The van der Waals surface area contributed by atoms with Crippen LogP contribution in [0.25, 0.3) is 0 Å². The number of carbonyl (C=O) groups excluding carboxylic acids is 1. The first kappa shape index (κ1) is 13.3. The van der Waals surface area contributed by atoms with E-state index in [1.165, 1.54) is 28.9 Å². The largest absolute Gasteiger partial charge is 0.387 e. The van der Waals surface area contributed by atoms with Gasteiger partial charge in [-0.25, -0.2) is 4.98 Å². The lowest BCUT2D eigenvalue weighted by atomic mass is 10.1. The van der Waals surface area contributed by atoms with Crippen LogP contribution in [0.5, 0.6) is 0 Å². The van der Waals surface area contributed by atoms with Gasteiger partial charge in [0.15, 0.2) is 5.13 Å². The van der Waals surface area contributed by atoms with Crippen molar-refractivity contribution < 1.29 is 9.90 Å². The number of hydrogen-bond donors (Lipinski definition) is 2. The van der Waals surface area contributed by atoms with Crippen LogP contribution < -0.4 is 5.32 Å². The molecule has 1 heterocycles. The standard InChI is InChI=1S/C15H16N2O2S/c1-9(18)13-8-20-15(16-13)17-14(19)12-6-5-10-3-2-4-11(10)7-12/h5-9,18H,2-4H2,1H3,(H,16,17,19). The zero-order chi connectivity index (χ0) is 14.1. The molecule has 1 aliphatic rings. The number of aryl methyl sites for hydroxylation is 2. The molecule has 3 rings (SSSR count). The Kier molecular flexibility index (Phi) is 3.54. The van der Waals surface area contributed by atoms with Gasteiger partial charge in [-0.3, -0.25) is 10.1 Å². The third-order valence-electron chi connectivity index (χ3n) is 3.53. The highest BCUT2D eigenvalue weighted by molar-refractivity contribution is 7.14. The quantitative estimate of drug-likeness (QED) is 0.912. The molecule has 1 atom stereocenters. The minimum absolute atomic E-state index is 0.147.